The number of ether oxygens (including phenoxy) is 5. The minimum Gasteiger partial charge on any atom is -0.493 e. The van der Waals surface area contributed by atoms with Crippen molar-refractivity contribution in [2.24, 2.45) is 11.8 Å². The first-order chi connectivity index (χ1) is 21.3. The van der Waals surface area contributed by atoms with Crippen molar-refractivity contribution in [3.63, 3.8) is 0 Å². The van der Waals surface area contributed by atoms with E-state index in [0.29, 0.717) is 51.1 Å². The summed E-state index contributed by atoms with van der Waals surface area (Å²) in [6, 6.07) is 6.01. The van der Waals surface area contributed by atoms with Crippen LogP contribution >= 0.6 is 0 Å². The molecule has 3 amide bonds. The summed E-state index contributed by atoms with van der Waals surface area (Å²) in [5.74, 6) is -1.66. The number of carbonyl (C=O) groups is 2. The lowest BCUT2D eigenvalue weighted by Crippen LogP contribution is -2.54. The molecule has 244 valence electrons. The second-order valence-corrected chi connectivity index (χ2v) is 12.2. The molecule has 14 nitrogen and oxygen atoms in total. The van der Waals surface area contributed by atoms with E-state index < -0.39 is 53.5 Å². The topological polar surface area (TPSA) is 180 Å². The largest absolute Gasteiger partial charge is 0.493 e. The van der Waals surface area contributed by atoms with E-state index in [9.17, 15) is 25.0 Å². The Morgan fingerprint density at radius 2 is 1.56 bits per heavy atom. The molecule has 6 N–H and O–H groups in total. The second-order valence-electron chi connectivity index (χ2n) is 12.2. The van der Waals surface area contributed by atoms with Crippen molar-refractivity contribution in [3.05, 3.63) is 52.7 Å². The molecule has 0 spiro atoms. The molecular formula is C31H40N4O10. The number of methoxy groups -OCH3 is 3. The number of nitrogens with zero attached hydrogens (tertiary/aromatic N) is 1. The van der Waals surface area contributed by atoms with E-state index in [-0.39, 0.29) is 6.79 Å². The van der Waals surface area contributed by atoms with Crippen LogP contribution in [-0.4, -0.2) is 78.2 Å². The lowest BCUT2D eigenvalue weighted by atomic mass is 9.65. The van der Waals surface area contributed by atoms with Gasteiger partial charge in [-0.1, -0.05) is 0 Å². The number of nitrogens with one attached hydrogen (secondary N) is 3. The van der Waals surface area contributed by atoms with E-state index >= 15 is 0 Å². The van der Waals surface area contributed by atoms with Gasteiger partial charge in [0.15, 0.2) is 23.0 Å². The van der Waals surface area contributed by atoms with Crippen LogP contribution in [0, 0.1) is 11.8 Å². The predicted molar refractivity (Wildman–Crippen MR) is 159 cm³/mol. The number of carbonyl (C=O) groups excluding carboxylic acids is 2. The average Bonchev–Trinajstić information content (AvgIpc) is 3.53. The summed E-state index contributed by atoms with van der Waals surface area (Å²) in [5.41, 5.74) is 5.20. The minimum atomic E-state index is -1.26. The van der Waals surface area contributed by atoms with E-state index in [4.69, 9.17) is 23.7 Å². The first-order valence-corrected chi connectivity index (χ1v) is 14.4. The number of hydrogen-bond acceptors (Lipinski definition) is 11. The number of benzene rings is 2. The molecular weight excluding hydrogens is 588 g/mol. The SMILES string of the molecule is COc1cc([C@@H]2c3cc4c(cc3[C@H](O)C(CO)[C@@H]2C(=O)NNC(=O)NC2=CC(C)(C)N(O)C2(C)C)OCO4)cc(OC)c1OC. The smallest absolute Gasteiger partial charge is 0.337 e. The number of rotatable bonds is 7. The van der Waals surface area contributed by atoms with Crippen LogP contribution in [0.15, 0.2) is 36.0 Å². The van der Waals surface area contributed by atoms with E-state index in [1.54, 1.807) is 58.0 Å². The number of aliphatic hydroxyl groups excluding tert-OH is 2. The fraction of sp³-hybridized carbons (Fsp3) is 0.484. The molecule has 0 saturated heterocycles. The fourth-order valence-electron chi connectivity index (χ4n) is 6.56. The minimum absolute atomic E-state index is 0.00594. The monoisotopic (exact) mass is 628 g/mol. The number of fused-ring (bicyclic) bond motifs is 2. The molecule has 45 heavy (non-hydrogen) atoms. The van der Waals surface area contributed by atoms with Crippen LogP contribution in [0.25, 0.3) is 0 Å². The molecule has 14 heteroatoms. The van der Waals surface area contributed by atoms with Crippen molar-refractivity contribution in [1.82, 2.24) is 21.2 Å². The molecule has 0 aromatic heterocycles. The Bertz CT molecular complexity index is 1500. The Morgan fingerprint density at radius 3 is 2.07 bits per heavy atom. The van der Waals surface area contributed by atoms with Gasteiger partial charge in [-0.05, 0) is 74.7 Å². The quantitative estimate of drug-likeness (QED) is 0.248. The Hall–Kier alpha value is -4.24. The summed E-state index contributed by atoms with van der Waals surface area (Å²) in [4.78, 5) is 27.0. The zero-order valence-electron chi connectivity index (χ0n) is 26.3. The molecule has 0 bridgehead atoms. The van der Waals surface area contributed by atoms with Crippen LogP contribution in [0.5, 0.6) is 28.7 Å². The van der Waals surface area contributed by atoms with Gasteiger partial charge >= 0.3 is 6.03 Å². The zero-order valence-corrected chi connectivity index (χ0v) is 26.3. The molecule has 2 aromatic carbocycles. The molecule has 0 saturated carbocycles. The van der Waals surface area contributed by atoms with Crippen molar-refractivity contribution < 1.29 is 48.7 Å². The average molecular weight is 629 g/mol. The lowest BCUT2D eigenvalue weighted by molar-refractivity contribution is -0.185. The molecule has 4 atom stereocenters. The summed E-state index contributed by atoms with van der Waals surface area (Å²) in [6.45, 7) is 6.51. The highest BCUT2D eigenvalue weighted by molar-refractivity contribution is 5.85. The van der Waals surface area contributed by atoms with E-state index in [2.05, 4.69) is 16.2 Å². The van der Waals surface area contributed by atoms with E-state index in [0.717, 1.165) is 5.06 Å². The van der Waals surface area contributed by atoms with Gasteiger partial charge in [-0.15, -0.1) is 0 Å². The van der Waals surface area contributed by atoms with Crippen molar-refractivity contribution in [1.29, 1.82) is 0 Å². The lowest BCUT2D eigenvalue weighted by Gasteiger charge is -2.41. The van der Waals surface area contributed by atoms with Crippen LogP contribution in [0.4, 0.5) is 4.79 Å². The van der Waals surface area contributed by atoms with Crippen LogP contribution < -0.4 is 39.9 Å². The van der Waals surface area contributed by atoms with Gasteiger partial charge in [0.25, 0.3) is 0 Å². The second kappa shape index (κ2) is 11.9. The van der Waals surface area contributed by atoms with Gasteiger partial charge in [-0.3, -0.25) is 10.2 Å². The Kier molecular flexibility index (Phi) is 8.53. The van der Waals surface area contributed by atoms with E-state index in [1.165, 1.54) is 21.3 Å². The highest BCUT2D eigenvalue weighted by atomic mass is 16.7. The van der Waals surface area contributed by atoms with Crippen LogP contribution in [0.2, 0.25) is 0 Å². The van der Waals surface area contributed by atoms with Crippen molar-refractivity contribution in [2.45, 2.75) is 50.8 Å². The van der Waals surface area contributed by atoms with Crippen molar-refractivity contribution in [3.8, 4) is 28.7 Å². The molecule has 5 rings (SSSR count). The number of urea groups is 1. The third kappa shape index (κ3) is 5.47. The van der Waals surface area contributed by atoms with Gasteiger partial charge in [0, 0.05) is 24.1 Å². The Labute approximate surface area is 260 Å². The number of hydroxylamine groups is 2. The maximum absolute atomic E-state index is 14.0. The molecule has 2 heterocycles. The number of hydrogen-bond donors (Lipinski definition) is 6. The highest BCUT2D eigenvalue weighted by Gasteiger charge is 2.48. The Morgan fingerprint density at radius 1 is 0.956 bits per heavy atom. The highest BCUT2D eigenvalue weighted by Crippen LogP contribution is 2.53. The molecule has 0 fully saturated rings. The van der Waals surface area contributed by atoms with Gasteiger partial charge in [0.05, 0.1) is 44.4 Å². The maximum Gasteiger partial charge on any atom is 0.337 e. The molecule has 1 unspecified atom stereocenters. The van der Waals surface area contributed by atoms with Crippen LogP contribution in [0.3, 0.4) is 0 Å². The van der Waals surface area contributed by atoms with Crippen LogP contribution in [0.1, 0.15) is 56.4 Å². The standard InChI is InChI=1S/C31H40N4O10/c1-30(2)12-23(31(3,4)35(30)40)32-29(39)34-33-28(38)25-18(13-36)26(37)17-11-20-19(44-14-45-20)10-16(17)24(25)15-8-21(41-5)27(43-7)22(9-15)42-6/h8-12,18,24-26,36-37,40H,13-14H2,1-7H3,(H,33,38)(H2,32,34,39)/t18?,24-,25+,26+/m1/s1. The molecule has 1 aliphatic carbocycles. The number of aliphatic hydroxyl groups is 2. The van der Waals surface area contributed by atoms with Gasteiger partial charge in [0.1, 0.15) is 0 Å². The van der Waals surface area contributed by atoms with Crippen molar-refractivity contribution in [2.75, 3.05) is 34.7 Å². The maximum atomic E-state index is 14.0. The van der Waals surface area contributed by atoms with E-state index in [1.807, 2.05) is 0 Å². The van der Waals surface area contributed by atoms with Gasteiger partial charge in [0.2, 0.25) is 18.4 Å². The third-order valence-electron chi connectivity index (χ3n) is 8.80. The van der Waals surface area contributed by atoms with Gasteiger partial charge in [-0.2, -0.15) is 5.06 Å². The third-order valence-corrected chi connectivity index (χ3v) is 8.80. The summed E-state index contributed by atoms with van der Waals surface area (Å²) in [5, 5.41) is 36.4. The zero-order chi connectivity index (χ0) is 32.8. The van der Waals surface area contributed by atoms with Crippen molar-refractivity contribution >= 4 is 11.9 Å². The fourth-order valence-corrected chi connectivity index (χ4v) is 6.56. The molecule has 2 aromatic rings. The molecule has 2 aliphatic heterocycles. The van der Waals surface area contributed by atoms with Gasteiger partial charge < -0.3 is 44.4 Å². The van der Waals surface area contributed by atoms with Gasteiger partial charge in [-0.25, -0.2) is 10.2 Å². The molecule has 0 radical (unpaired) electrons. The summed E-state index contributed by atoms with van der Waals surface area (Å²) < 4.78 is 27.8. The first-order valence-electron chi connectivity index (χ1n) is 14.4. The predicted octanol–water partition coefficient (Wildman–Crippen LogP) is 2.32. The number of amides is 3. The normalized spacial score (nSPS) is 24.3. The number of hydrazine groups is 1. The molecule has 3 aliphatic rings. The first kappa shape index (κ1) is 32.2. The summed E-state index contributed by atoms with van der Waals surface area (Å²) >= 11 is 0. The Balaban J connectivity index is 1.52. The summed E-state index contributed by atoms with van der Waals surface area (Å²) in [6.07, 6.45) is 0.458. The summed E-state index contributed by atoms with van der Waals surface area (Å²) in [7, 11) is 4.42. The van der Waals surface area contributed by atoms with Crippen LogP contribution in [-0.2, 0) is 4.79 Å².